The topological polar surface area (TPSA) is 114 Å². The van der Waals surface area contributed by atoms with E-state index in [1.165, 1.54) is 0 Å². The number of nitrogens with zero attached hydrogens (tertiary/aromatic N) is 5. The summed E-state index contributed by atoms with van der Waals surface area (Å²) in [6.45, 7) is 5.34. The number of anilines is 1. The molecule has 0 atom stereocenters. The van der Waals surface area contributed by atoms with Gasteiger partial charge in [0.25, 0.3) is 0 Å². The largest absolute Gasteiger partial charge is 0.379 e. The van der Waals surface area contributed by atoms with Crippen LogP contribution in [-0.2, 0) is 21.2 Å². The lowest BCUT2D eigenvalue weighted by molar-refractivity contribution is 0.0398. The Hall–Kier alpha value is -2.60. The number of morpholine rings is 1. The van der Waals surface area contributed by atoms with E-state index in [2.05, 4.69) is 30.2 Å². The third-order valence-corrected chi connectivity index (χ3v) is 6.34. The van der Waals surface area contributed by atoms with Crippen LogP contribution in [0.15, 0.2) is 47.4 Å². The lowest BCUT2D eigenvalue weighted by atomic mass is 10.4. The van der Waals surface area contributed by atoms with Crippen LogP contribution in [0, 0.1) is 0 Å². The van der Waals surface area contributed by atoms with Crippen molar-refractivity contribution in [2.24, 2.45) is 0 Å². The van der Waals surface area contributed by atoms with Crippen LogP contribution < -0.4 is 10.0 Å². The normalized spacial score (nSPS) is 15.5. The number of rotatable bonds is 9. The van der Waals surface area contributed by atoms with Gasteiger partial charge in [-0.25, -0.2) is 13.1 Å². The zero-order valence-electron chi connectivity index (χ0n) is 16.6. The second kappa shape index (κ2) is 9.47. The first-order valence-corrected chi connectivity index (χ1v) is 11.4. The number of fused-ring (bicyclic) bond motifs is 1. The quantitative estimate of drug-likeness (QED) is 0.500. The molecule has 0 spiro atoms. The summed E-state index contributed by atoms with van der Waals surface area (Å²) in [7, 11) is -3.55. The van der Waals surface area contributed by atoms with Gasteiger partial charge in [-0.3, -0.25) is 4.90 Å². The van der Waals surface area contributed by atoms with Crippen molar-refractivity contribution in [3.05, 3.63) is 48.3 Å². The molecule has 10 nitrogen and oxygen atoms in total. The molecule has 1 fully saturated rings. The standard InChI is InChI=1S/C19H25N7O3S/c27-30(28,16-4-2-1-3-5-16)21-9-8-19-23-22-18-7-6-17(24-26(18)19)20-10-11-25-12-14-29-15-13-25/h1-7,21H,8-15H2,(H,20,24). The summed E-state index contributed by atoms with van der Waals surface area (Å²) < 4.78 is 34.3. The van der Waals surface area contributed by atoms with Crippen LogP contribution >= 0.6 is 0 Å². The number of aromatic nitrogens is 4. The van der Waals surface area contributed by atoms with Gasteiger partial charge in [0.05, 0.1) is 18.1 Å². The molecule has 160 valence electrons. The highest BCUT2D eigenvalue weighted by molar-refractivity contribution is 7.89. The van der Waals surface area contributed by atoms with Gasteiger partial charge in [0, 0.05) is 39.1 Å². The zero-order chi connectivity index (χ0) is 20.8. The van der Waals surface area contributed by atoms with Crippen LogP contribution in [0.4, 0.5) is 5.82 Å². The minimum Gasteiger partial charge on any atom is -0.379 e. The first-order chi connectivity index (χ1) is 14.6. The van der Waals surface area contributed by atoms with Gasteiger partial charge in [0.1, 0.15) is 5.82 Å². The highest BCUT2D eigenvalue weighted by atomic mass is 32.2. The fraction of sp³-hybridized carbons (Fsp3) is 0.421. The second-order valence-electron chi connectivity index (χ2n) is 6.95. The molecule has 0 bridgehead atoms. The molecular weight excluding hydrogens is 406 g/mol. The lowest BCUT2D eigenvalue weighted by Crippen LogP contribution is -2.39. The van der Waals surface area contributed by atoms with Crippen molar-refractivity contribution < 1.29 is 13.2 Å². The molecule has 3 heterocycles. The van der Waals surface area contributed by atoms with Gasteiger partial charge in [0.15, 0.2) is 11.5 Å². The third-order valence-electron chi connectivity index (χ3n) is 4.86. The first kappa shape index (κ1) is 20.7. The summed E-state index contributed by atoms with van der Waals surface area (Å²) in [5, 5.41) is 16.1. The van der Waals surface area contributed by atoms with E-state index in [1.807, 2.05) is 12.1 Å². The van der Waals surface area contributed by atoms with Crippen LogP contribution in [0.2, 0.25) is 0 Å². The Balaban J connectivity index is 1.34. The van der Waals surface area contributed by atoms with E-state index in [4.69, 9.17) is 4.74 Å². The van der Waals surface area contributed by atoms with Gasteiger partial charge in [-0.05, 0) is 24.3 Å². The van der Waals surface area contributed by atoms with E-state index < -0.39 is 10.0 Å². The molecule has 11 heteroatoms. The lowest BCUT2D eigenvalue weighted by Gasteiger charge is -2.26. The molecule has 1 aromatic carbocycles. The van der Waals surface area contributed by atoms with E-state index in [-0.39, 0.29) is 11.4 Å². The van der Waals surface area contributed by atoms with Crippen molar-refractivity contribution >= 4 is 21.5 Å². The van der Waals surface area contributed by atoms with Gasteiger partial charge in [-0.15, -0.1) is 15.3 Å². The molecule has 2 N–H and O–H groups in total. The summed E-state index contributed by atoms with van der Waals surface area (Å²) in [6, 6.07) is 12.0. The third kappa shape index (κ3) is 5.11. The van der Waals surface area contributed by atoms with Crippen molar-refractivity contribution in [3.8, 4) is 0 Å². The molecule has 2 aromatic heterocycles. The van der Waals surface area contributed by atoms with Crippen LogP contribution in [-0.4, -0.2) is 79.1 Å². The predicted molar refractivity (Wildman–Crippen MR) is 112 cm³/mol. The fourth-order valence-electron chi connectivity index (χ4n) is 3.23. The Kier molecular flexibility index (Phi) is 6.53. The van der Waals surface area contributed by atoms with Gasteiger partial charge in [0.2, 0.25) is 10.0 Å². The van der Waals surface area contributed by atoms with Crippen molar-refractivity contribution in [1.82, 2.24) is 29.4 Å². The fourth-order valence-corrected chi connectivity index (χ4v) is 4.28. The maximum absolute atomic E-state index is 12.3. The Bertz CT molecular complexity index is 1070. The summed E-state index contributed by atoms with van der Waals surface area (Å²) in [5.74, 6) is 1.32. The van der Waals surface area contributed by atoms with Crippen LogP contribution in [0.1, 0.15) is 5.82 Å². The summed E-state index contributed by atoms with van der Waals surface area (Å²) >= 11 is 0. The monoisotopic (exact) mass is 431 g/mol. The van der Waals surface area contributed by atoms with Crippen molar-refractivity contribution in [1.29, 1.82) is 0 Å². The number of ether oxygens (including phenoxy) is 1. The van der Waals surface area contributed by atoms with Crippen molar-refractivity contribution in [2.75, 3.05) is 51.3 Å². The minimum atomic E-state index is -3.55. The molecule has 4 rings (SSSR count). The molecule has 0 amide bonds. The molecular formula is C19H25N7O3S. The number of benzene rings is 1. The molecule has 0 aliphatic carbocycles. The Morgan fingerprint density at radius 3 is 2.60 bits per heavy atom. The molecule has 3 aromatic rings. The first-order valence-electron chi connectivity index (χ1n) is 9.92. The van der Waals surface area contributed by atoms with E-state index in [0.717, 1.165) is 45.2 Å². The van der Waals surface area contributed by atoms with Crippen molar-refractivity contribution in [3.63, 3.8) is 0 Å². The average molecular weight is 432 g/mol. The summed E-state index contributed by atoms with van der Waals surface area (Å²) in [5.41, 5.74) is 0.620. The Labute approximate surface area is 175 Å². The molecule has 0 radical (unpaired) electrons. The van der Waals surface area contributed by atoms with Gasteiger partial charge < -0.3 is 10.1 Å². The average Bonchev–Trinajstić information content (AvgIpc) is 3.17. The van der Waals surface area contributed by atoms with Crippen molar-refractivity contribution in [2.45, 2.75) is 11.3 Å². The number of hydrogen-bond donors (Lipinski definition) is 2. The van der Waals surface area contributed by atoms with E-state index >= 15 is 0 Å². The SMILES string of the molecule is O=S(=O)(NCCc1nnc2ccc(NCCN3CCOCC3)nn12)c1ccccc1. The Morgan fingerprint density at radius 2 is 1.80 bits per heavy atom. The van der Waals surface area contributed by atoms with Crippen LogP contribution in [0.3, 0.4) is 0 Å². The second-order valence-corrected chi connectivity index (χ2v) is 8.71. The number of hydrogen-bond acceptors (Lipinski definition) is 8. The maximum atomic E-state index is 12.3. The molecule has 1 aliphatic heterocycles. The zero-order valence-corrected chi connectivity index (χ0v) is 17.4. The smallest absolute Gasteiger partial charge is 0.240 e. The maximum Gasteiger partial charge on any atom is 0.240 e. The predicted octanol–water partition coefficient (Wildman–Crippen LogP) is 0.389. The molecule has 30 heavy (non-hydrogen) atoms. The summed E-state index contributed by atoms with van der Waals surface area (Å²) in [6.07, 6.45) is 0.372. The van der Waals surface area contributed by atoms with Gasteiger partial charge in [-0.2, -0.15) is 4.52 Å². The highest BCUT2D eigenvalue weighted by Gasteiger charge is 2.14. The molecule has 1 aliphatic rings. The number of sulfonamides is 1. The van der Waals surface area contributed by atoms with Gasteiger partial charge in [-0.1, -0.05) is 18.2 Å². The van der Waals surface area contributed by atoms with E-state index in [0.29, 0.717) is 17.9 Å². The molecule has 1 saturated heterocycles. The van der Waals surface area contributed by atoms with E-state index in [9.17, 15) is 8.42 Å². The van der Waals surface area contributed by atoms with Gasteiger partial charge >= 0.3 is 0 Å². The highest BCUT2D eigenvalue weighted by Crippen LogP contribution is 2.09. The molecule has 0 unspecified atom stereocenters. The molecule has 0 saturated carbocycles. The number of nitrogens with one attached hydrogen (secondary N) is 2. The summed E-state index contributed by atoms with van der Waals surface area (Å²) in [4.78, 5) is 2.58. The van der Waals surface area contributed by atoms with Crippen LogP contribution in [0.5, 0.6) is 0 Å². The minimum absolute atomic E-state index is 0.203. The van der Waals surface area contributed by atoms with Crippen LogP contribution in [0.25, 0.3) is 5.65 Å². The Morgan fingerprint density at radius 1 is 1.00 bits per heavy atom. The van der Waals surface area contributed by atoms with E-state index in [1.54, 1.807) is 34.8 Å².